The first-order chi connectivity index (χ1) is 7.34. The second-order valence-corrected chi connectivity index (χ2v) is 6.56. The Morgan fingerprint density at radius 2 is 2.12 bits per heavy atom. The zero-order valence-electron chi connectivity index (χ0n) is 9.17. The average Bonchev–Trinajstić information content (AvgIpc) is 2.36. The molecule has 1 N–H and O–H groups in total. The van der Waals surface area contributed by atoms with Gasteiger partial charge in [-0.15, -0.1) is 0 Å². The highest BCUT2D eigenvalue weighted by molar-refractivity contribution is 7.87. The fourth-order valence-corrected chi connectivity index (χ4v) is 4.28. The van der Waals surface area contributed by atoms with Crippen LogP contribution < -0.4 is 0 Å². The summed E-state index contributed by atoms with van der Waals surface area (Å²) in [5.74, 6) is -1.51. The highest BCUT2D eigenvalue weighted by Gasteiger charge is 2.68. The van der Waals surface area contributed by atoms with Gasteiger partial charge in [0.25, 0.3) is 5.91 Å². The first-order valence-electron chi connectivity index (χ1n) is 4.82. The molecule has 2 saturated heterocycles. The summed E-state index contributed by atoms with van der Waals surface area (Å²) in [6, 6.07) is -1.03. The number of fused-ring (bicyclic) bond motifs is 1. The fourth-order valence-electron chi connectivity index (χ4n) is 2.34. The molecule has 2 aliphatic rings. The number of methoxy groups -OCH3 is 1. The van der Waals surface area contributed by atoms with Crippen LogP contribution in [0, 0.1) is 0 Å². The number of hydrogen-bond acceptors (Lipinski definition) is 4. The largest absolute Gasteiger partial charge is 0.480 e. The van der Waals surface area contributed by atoms with Gasteiger partial charge in [-0.3, -0.25) is 9.00 Å². The van der Waals surface area contributed by atoms with Gasteiger partial charge in [-0.1, -0.05) is 0 Å². The van der Waals surface area contributed by atoms with Gasteiger partial charge >= 0.3 is 5.97 Å². The van der Waals surface area contributed by atoms with Crippen molar-refractivity contribution >= 4 is 22.7 Å². The Labute approximate surface area is 95.0 Å². The minimum atomic E-state index is -1.42. The van der Waals surface area contributed by atoms with Crippen LogP contribution in [0.2, 0.25) is 0 Å². The number of ether oxygens (including phenoxy) is 1. The fraction of sp³-hybridized carbons (Fsp3) is 0.778. The van der Waals surface area contributed by atoms with Crippen molar-refractivity contribution in [1.29, 1.82) is 0 Å². The molecule has 2 heterocycles. The van der Waals surface area contributed by atoms with Crippen LogP contribution in [0.3, 0.4) is 0 Å². The highest BCUT2D eigenvalue weighted by atomic mass is 32.2. The van der Waals surface area contributed by atoms with E-state index in [0.29, 0.717) is 0 Å². The Morgan fingerprint density at radius 1 is 1.56 bits per heavy atom. The van der Waals surface area contributed by atoms with Crippen molar-refractivity contribution in [2.75, 3.05) is 7.11 Å². The topological polar surface area (TPSA) is 83.9 Å². The minimum absolute atomic E-state index is 0.390. The van der Waals surface area contributed by atoms with Gasteiger partial charge in [-0.05, 0) is 13.8 Å². The maximum atomic E-state index is 12.1. The minimum Gasteiger partial charge on any atom is -0.480 e. The van der Waals surface area contributed by atoms with Crippen LogP contribution in [0.5, 0.6) is 0 Å². The molecule has 0 radical (unpaired) electrons. The lowest BCUT2D eigenvalue weighted by molar-refractivity contribution is -0.172. The van der Waals surface area contributed by atoms with Gasteiger partial charge in [0.05, 0.1) is 15.5 Å². The number of carbonyl (C=O) groups is 2. The molecule has 0 spiro atoms. The van der Waals surface area contributed by atoms with E-state index in [1.807, 2.05) is 0 Å². The molecule has 7 heteroatoms. The average molecular weight is 247 g/mol. The van der Waals surface area contributed by atoms with E-state index in [0.717, 1.165) is 0 Å². The number of carbonyl (C=O) groups excluding carboxylic acids is 1. The third-order valence-corrected chi connectivity index (χ3v) is 5.37. The lowest BCUT2D eigenvalue weighted by atomic mass is 9.97. The van der Waals surface area contributed by atoms with E-state index in [4.69, 9.17) is 9.84 Å². The molecule has 4 atom stereocenters. The third kappa shape index (κ3) is 1.12. The molecular weight excluding hydrogens is 234 g/mol. The van der Waals surface area contributed by atoms with E-state index in [-0.39, 0.29) is 5.91 Å². The molecule has 0 aliphatic carbocycles. The molecular formula is C9H13NO5S. The van der Waals surface area contributed by atoms with Crippen LogP contribution in [-0.2, 0) is 25.1 Å². The van der Waals surface area contributed by atoms with Gasteiger partial charge in [0.15, 0.2) is 6.10 Å². The lowest BCUT2D eigenvalue weighted by Crippen LogP contribution is -2.66. The van der Waals surface area contributed by atoms with Crippen molar-refractivity contribution in [3.8, 4) is 0 Å². The summed E-state index contributed by atoms with van der Waals surface area (Å²) in [6.45, 7) is 3.19. The van der Waals surface area contributed by atoms with Crippen LogP contribution in [0.15, 0.2) is 0 Å². The van der Waals surface area contributed by atoms with E-state index in [1.54, 1.807) is 13.8 Å². The van der Waals surface area contributed by atoms with Gasteiger partial charge in [0.2, 0.25) is 0 Å². The Kier molecular flexibility index (Phi) is 2.36. The number of β-lactam (4-membered cyclic amide) rings is 1. The first kappa shape index (κ1) is 11.5. The van der Waals surface area contributed by atoms with Crippen molar-refractivity contribution < 1.29 is 23.6 Å². The number of hydrogen-bond donors (Lipinski definition) is 1. The molecule has 0 bridgehead atoms. The van der Waals surface area contributed by atoms with E-state index in [9.17, 15) is 13.8 Å². The Morgan fingerprint density at radius 3 is 2.56 bits per heavy atom. The number of carboxylic acids is 1. The maximum Gasteiger partial charge on any atom is 0.328 e. The van der Waals surface area contributed by atoms with Crippen molar-refractivity contribution in [2.45, 2.75) is 36.1 Å². The SMILES string of the molecule is CO[C@H]1C(=O)N2[C@@H]1S(=O)C(C)(C)[C@@H]2C(=O)O. The summed E-state index contributed by atoms with van der Waals surface area (Å²) in [5.41, 5.74) is 0. The summed E-state index contributed by atoms with van der Waals surface area (Å²) in [6.07, 6.45) is -0.760. The van der Waals surface area contributed by atoms with Crippen molar-refractivity contribution in [1.82, 2.24) is 4.90 Å². The highest BCUT2D eigenvalue weighted by Crippen LogP contribution is 2.44. The smallest absolute Gasteiger partial charge is 0.328 e. The number of carboxylic acid groups (broad SMARTS) is 1. The van der Waals surface area contributed by atoms with Crippen LogP contribution in [0.1, 0.15) is 13.8 Å². The Balaban J connectivity index is 2.41. The zero-order valence-corrected chi connectivity index (χ0v) is 9.98. The Hall–Kier alpha value is -0.950. The molecule has 90 valence electrons. The normalized spacial score (nSPS) is 40.4. The molecule has 2 rings (SSSR count). The van der Waals surface area contributed by atoms with Gasteiger partial charge in [0, 0.05) is 7.11 Å². The van der Waals surface area contributed by atoms with Crippen molar-refractivity contribution in [3.63, 3.8) is 0 Å². The van der Waals surface area contributed by atoms with E-state index in [1.165, 1.54) is 12.0 Å². The summed E-state index contributed by atoms with van der Waals surface area (Å²) in [5, 5.41) is 8.48. The second-order valence-electron chi connectivity index (χ2n) is 4.43. The van der Waals surface area contributed by atoms with E-state index < -0.39 is 39.0 Å². The molecule has 0 aromatic carbocycles. The Bertz CT molecular complexity index is 393. The summed E-state index contributed by atoms with van der Waals surface area (Å²) < 4.78 is 16.1. The summed E-state index contributed by atoms with van der Waals surface area (Å²) in [7, 11) is -0.0639. The van der Waals surface area contributed by atoms with Gasteiger partial charge in [-0.2, -0.15) is 0 Å². The monoisotopic (exact) mass is 247 g/mol. The predicted octanol–water partition coefficient (Wildman–Crippen LogP) is -0.836. The van der Waals surface area contributed by atoms with E-state index >= 15 is 0 Å². The van der Waals surface area contributed by atoms with E-state index in [2.05, 4.69) is 0 Å². The first-order valence-corrected chi connectivity index (χ1v) is 6.03. The predicted molar refractivity (Wildman–Crippen MR) is 55.1 cm³/mol. The number of aliphatic carboxylic acids is 1. The molecule has 16 heavy (non-hydrogen) atoms. The van der Waals surface area contributed by atoms with Gasteiger partial charge in [-0.25, -0.2) is 4.79 Å². The molecule has 2 aliphatic heterocycles. The molecule has 0 aromatic heterocycles. The molecule has 0 aromatic rings. The zero-order chi connectivity index (χ0) is 12.2. The van der Waals surface area contributed by atoms with Crippen molar-refractivity contribution in [3.05, 3.63) is 0 Å². The van der Waals surface area contributed by atoms with Crippen LogP contribution in [0.25, 0.3) is 0 Å². The number of rotatable bonds is 2. The molecule has 0 saturated carbocycles. The van der Waals surface area contributed by atoms with Gasteiger partial charge in [0.1, 0.15) is 11.4 Å². The standard InChI is InChI=1S/C9H13NO5S/c1-9(2)5(8(12)13)10-6(11)4(15-3)7(10)16(9)14/h4-5,7H,1-3H3,(H,12,13)/t4-,5-,7+,16?/m0/s1. The van der Waals surface area contributed by atoms with Crippen LogP contribution in [0.4, 0.5) is 0 Å². The number of amides is 1. The van der Waals surface area contributed by atoms with Crippen LogP contribution >= 0.6 is 0 Å². The summed E-state index contributed by atoms with van der Waals surface area (Å²) in [4.78, 5) is 23.9. The quantitative estimate of drug-likeness (QED) is 0.643. The van der Waals surface area contributed by atoms with Crippen molar-refractivity contribution in [2.24, 2.45) is 0 Å². The second kappa shape index (κ2) is 3.27. The van der Waals surface area contributed by atoms with Gasteiger partial charge < -0.3 is 14.7 Å². The molecule has 2 fully saturated rings. The molecule has 1 unspecified atom stereocenters. The number of nitrogens with zero attached hydrogens (tertiary/aromatic N) is 1. The molecule has 1 amide bonds. The third-order valence-electron chi connectivity index (χ3n) is 3.19. The molecule has 6 nitrogen and oxygen atoms in total. The van der Waals surface area contributed by atoms with Crippen LogP contribution in [-0.4, -0.2) is 55.5 Å². The summed E-state index contributed by atoms with van der Waals surface area (Å²) >= 11 is 0. The lowest BCUT2D eigenvalue weighted by Gasteiger charge is -2.41. The maximum absolute atomic E-state index is 12.1.